The van der Waals surface area contributed by atoms with Crippen LogP contribution in [0.5, 0.6) is 0 Å². The van der Waals surface area contributed by atoms with Gasteiger partial charge in [0.15, 0.2) is 6.29 Å². The molecule has 3 heteroatoms. The van der Waals surface area contributed by atoms with E-state index in [1.165, 1.54) is 18.2 Å². The topological polar surface area (TPSA) is 37.3 Å². The Bertz CT molecular complexity index is 388. The molecule has 0 saturated heterocycles. The Labute approximate surface area is 81.4 Å². The van der Waals surface area contributed by atoms with Gasteiger partial charge >= 0.3 is 0 Å². The highest BCUT2D eigenvalue weighted by Crippen LogP contribution is 2.09. The minimum absolute atomic E-state index is 0.0716. The van der Waals surface area contributed by atoms with Crippen LogP contribution in [-0.4, -0.2) is 18.0 Å². The third kappa shape index (κ3) is 2.41. The van der Waals surface area contributed by atoms with Gasteiger partial charge in [0, 0.05) is 12.0 Å². The summed E-state index contributed by atoms with van der Waals surface area (Å²) >= 11 is 0. The molecule has 1 rings (SSSR count). The zero-order chi connectivity index (χ0) is 10.4. The third-order valence-corrected chi connectivity index (χ3v) is 1.62. The Balaban J connectivity index is 3.06. The molecule has 0 bridgehead atoms. The van der Waals surface area contributed by atoms with Gasteiger partial charge in [0.25, 0.3) is 0 Å². The van der Waals surface area contributed by atoms with Crippen molar-refractivity contribution in [3.63, 3.8) is 0 Å². The van der Waals surface area contributed by atoms with E-state index in [2.05, 4.69) is 11.8 Å². The normalized spacial score (nSPS) is 9.00. The molecule has 0 atom stereocenters. The number of rotatable bonds is 2. The molecular weight excluding hydrogens is 183 g/mol. The Morgan fingerprint density at radius 2 is 2.29 bits per heavy atom. The molecule has 0 amide bonds. The van der Waals surface area contributed by atoms with E-state index in [9.17, 15) is 9.18 Å². The standard InChI is InChI=1S/C11H9FO2/c12-11-6-3-4-9(8-14)10(11)5-1-2-7-13/h3-4,6,8,13H,2,7H2. The van der Waals surface area contributed by atoms with E-state index in [1.54, 1.807) is 0 Å². The van der Waals surface area contributed by atoms with Crippen LogP contribution >= 0.6 is 0 Å². The highest BCUT2D eigenvalue weighted by atomic mass is 19.1. The Kier molecular flexibility index (Phi) is 3.84. The van der Waals surface area contributed by atoms with Crippen molar-refractivity contribution in [2.75, 3.05) is 6.61 Å². The summed E-state index contributed by atoms with van der Waals surface area (Å²) in [5, 5.41) is 8.47. The monoisotopic (exact) mass is 192 g/mol. The molecule has 0 heterocycles. The molecule has 0 unspecified atom stereocenters. The molecule has 14 heavy (non-hydrogen) atoms. The molecule has 0 aromatic heterocycles. The summed E-state index contributed by atoms with van der Waals surface area (Å²) in [6.45, 7) is -0.0716. The first-order valence-electron chi connectivity index (χ1n) is 4.13. The average molecular weight is 192 g/mol. The molecule has 0 aliphatic rings. The van der Waals surface area contributed by atoms with Crippen LogP contribution in [0.2, 0.25) is 0 Å². The molecule has 0 saturated carbocycles. The van der Waals surface area contributed by atoms with Crippen molar-refractivity contribution in [2.45, 2.75) is 6.42 Å². The fourth-order valence-electron chi connectivity index (χ4n) is 0.978. The second kappa shape index (κ2) is 5.15. The van der Waals surface area contributed by atoms with E-state index < -0.39 is 5.82 Å². The predicted molar refractivity (Wildman–Crippen MR) is 50.4 cm³/mol. The predicted octanol–water partition coefficient (Wildman–Crippen LogP) is 1.37. The first-order chi connectivity index (χ1) is 6.79. The molecule has 1 N–H and O–H groups in total. The van der Waals surface area contributed by atoms with Gasteiger partial charge in [-0.25, -0.2) is 4.39 Å². The van der Waals surface area contributed by atoms with Crippen molar-refractivity contribution < 1.29 is 14.3 Å². The van der Waals surface area contributed by atoms with Crippen LogP contribution in [0.1, 0.15) is 22.3 Å². The molecule has 0 aliphatic carbocycles. The zero-order valence-corrected chi connectivity index (χ0v) is 7.46. The maximum absolute atomic E-state index is 13.1. The Hall–Kier alpha value is -1.66. The van der Waals surface area contributed by atoms with Gasteiger partial charge in [-0.3, -0.25) is 4.79 Å². The number of benzene rings is 1. The molecule has 0 aliphatic heterocycles. The SMILES string of the molecule is O=Cc1cccc(F)c1C#CCCO. The number of carbonyl (C=O) groups excluding carboxylic acids is 1. The van der Waals surface area contributed by atoms with E-state index in [0.29, 0.717) is 6.29 Å². The lowest BCUT2D eigenvalue weighted by Gasteiger charge is -1.96. The van der Waals surface area contributed by atoms with Gasteiger partial charge in [0.2, 0.25) is 0 Å². The van der Waals surface area contributed by atoms with E-state index in [4.69, 9.17) is 5.11 Å². The van der Waals surface area contributed by atoms with Gasteiger partial charge in [0.05, 0.1) is 12.2 Å². The number of hydrogen-bond acceptors (Lipinski definition) is 2. The highest BCUT2D eigenvalue weighted by molar-refractivity contribution is 5.79. The lowest BCUT2D eigenvalue weighted by molar-refractivity contribution is 0.112. The van der Waals surface area contributed by atoms with Crippen molar-refractivity contribution in [3.8, 4) is 11.8 Å². The van der Waals surface area contributed by atoms with Crippen molar-refractivity contribution >= 4 is 6.29 Å². The zero-order valence-electron chi connectivity index (χ0n) is 7.46. The fourth-order valence-corrected chi connectivity index (χ4v) is 0.978. The summed E-state index contributed by atoms with van der Waals surface area (Å²) in [5.41, 5.74) is 0.325. The number of halogens is 1. The minimum atomic E-state index is -0.514. The number of aliphatic hydroxyl groups is 1. The molecule has 1 aromatic carbocycles. The van der Waals surface area contributed by atoms with Crippen LogP contribution in [0.15, 0.2) is 18.2 Å². The van der Waals surface area contributed by atoms with Crippen molar-refractivity contribution in [2.24, 2.45) is 0 Å². The smallest absolute Gasteiger partial charge is 0.151 e. The molecule has 72 valence electrons. The summed E-state index contributed by atoms with van der Waals surface area (Å²) in [4.78, 5) is 10.5. The number of hydrogen-bond donors (Lipinski definition) is 1. The van der Waals surface area contributed by atoms with E-state index in [0.717, 1.165) is 0 Å². The minimum Gasteiger partial charge on any atom is -0.395 e. The summed E-state index contributed by atoms with van der Waals surface area (Å²) in [5.74, 6) is 4.57. The Morgan fingerprint density at radius 3 is 2.93 bits per heavy atom. The lowest BCUT2D eigenvalue weighted by atomic mass is 10.1. The van der Waals surface area contributed by atoms with Crippen LogP contribution in [-0.2, 0) is 0 Å². The van der Waals surface area contributed by atoms with E-state index in [-0.39, 0.29) is 24.2 Å². The van der Waals surface area contributed by atoms with Gasteiger partial charge < -0.3 is 5.11 Å². The van der Waals surface area contributed by atoms with Gasteiger partial charge in [-0.15, -0.1) is 0 Å². The molecular formula is C11H9FO2. The summed E-state index contributed by atoms with van der Waals surface area (Å²) < 4.78 is 13.1. The van der Waals surface area contributed by atoms with E-state index in [1.807, 2.05) is 0 Å². The number of carbonyl (C=O) groups is 1. The van der Waals surface area contributed by atoms with Crippen LogP contribution in [0.3, 0.4) is 0 Å². The molecule has 1 aromatic rings. The number of aldehydes is 1. The average Bonchev–Trinajstić information content (AvgIpc) is 2.20. The summed E-state index contributed by atoms with van der Waals surface area (Å²) in [6.07, 6.45) is 0.832. The van der Waals surface area contributed by atoms with Gasteiger partial charge in [-0.1, -0.05) is 24.0 Å². The largest absolute Gasteiger partial charge is 0.395 e. The maximum atomic E-state index is 13.1. The molecule has 0 spiro atoms. The van der Waals surface area contributed by atoms with Gasteiger partial charge in [-0.05, 0) is 6.07 Å². The van der Waals surface area contributed by atoms with Crippen molar-refractivity contribution in [3.05, 3.63) is 35.1 Å². The number of aliphatic hydroxyl groups excluding tert-OH is 1. The maximum Gasteiger partial charge on any atom is 0.151 e. The Morgan fingerprint density at radius 1 is 1.50 bits per heavy atom. The molecule has 0 radical (unpaired) electrons. The first-order valence-corrected chi connectivity index (χ1v) is 4.13. The second-order valence-corrected chi connectivity index (χ2v) is 2.60. The highest BCUT2D eigenvalue weighted by Gasteiger charge is 2.03. The van der Waals surface area contributed by atoms with Gasteiger partial charge in [-0.2, -0.15) is 0 Å². The van der Waals surface area contributed by atoms with Crippen molar-refractivity contribution in [1.82, 2.24) is 0 Å². The van der Waals surface area contributed by atoms with Crippen LogP contribution in [0.4, 0.5) is 4.39 Å². The lowest BCUT2D eigenvalue weighted by Crippen LogP contribution is -1.91. The first kappa shape index (κ1) is 10.4. The summed E-state index contributed by atoms with van der Waals surface area (Å²) in [6, 6.07) is 4.20. The quantitative estimate of drug-likeness (QED) is 0.567. The summed E-state index contributed by atoms with van der Waals surface area (Å²) in [7, 11) is 0. The molecule has 2 nitrogen and oxygen atoms in total. The van der Waals surface area contributed by atoms with Crippen LogP contribution in [0.25, 0.3) is 0 Å². The van der Waals surface area contributed by atoms with Crippen LogP contribution < -0.4 is 0 Å². The molecule has 0 fully saturated rings. The van der Waals surface area contributed by atoms with Gasteiger partial charge in [0.1, 0.15) is 5.82 Å². The fraction of sp³-hybridized carbons (Fsp3) is 0.182. The van der Waals surface area contributed by atoms with Crippen LogP contribution in [0, 0.1) is 17.7 Å². The third-order valence-electron chi connectivity index (χ3n) is 1.62. The van der Waals surface area contributed by atoms with Crippen molar-refractivity contribution in [1.29, 1.82) is 0 Å². The van der Waals surface area contributed by atoms with E-state index >= 15 is 0 Å². The second-order valence-electron chi connectivity index (χ2n) is 2.60.